The zero-order valence-corrected chi connectivity index (χ0v) is 10.8. The van der Waals surface area contributed by atoms with E-state index >= 15 is 0 Å². The van der Waals surface area contributed by atoms with Crippen LogP contribution in [0.3, 0.4) is 0 Å². The Hall–Kier alpha value is -2.20. The van der Waals surface area contributed by atoms with E-state index in [1.807, 2.05) is 28.9 Å². The summed E-state index contributed by atoms with van der Waals surface area (Å²) in [7, 11) is 0. The van der Waals surface area contributed by atoms with Gasteiger partial charge in [-0.3, -0.25) is 9.67 Å². The van der Waals surface area contributed by atoms with Gasteiger partial charge in [0.1, 0.15) is 0 Å². The minimum absolute atomic E-state index is 0.207. The second-order valence-electron chi connectivity index (χ2n) is 4.47. The zero-order chi connectivity index (χ0) is 13.2. The molecule has 0 saturated carbocycles. The number of nitrogens with two attached hydrogens (primary N) is 1. The van der Waals surface area contributed by atoms with Crippen molar-refractivity contribution in [2.45, 2.75) is 19.5 Å². The number of pyridine rings is 1. The molecule has 1 atom stereocenters. The van der Waals surface area contributed by atoms with Gasteiger partial charge in [0, 0.05) is 29.9 Å². The fourth-order valence-electron chi connectivity index (χ4n) is 2.41. The van der Waals surface area contributed by atoms with E-state index in [-0.39, 0.29) is 6.04 Å². The number of aryl methyl sites for hydroxylation is 1. The quantitative estimate of drug-likeness (QED) is 0.779. The first-order valence-electron chi connectivity index (χ1n) is 6.42. The molecule has 0 amide bonds. The third kappa shape index (κ3) is 2.00. The molecule has 3 aromatic rings. The van der Waals surface area contributed by atoms with E-state index in [0.29, 0.717) is 0 Å². The van der Waals surface area contributed by atoms with E-state index in [1.165, 1.54) is 0 Å². The van der Waals surface area contributed by atoms with E-state index in [2.05, 4.69) is 29.1 Å². The van der Waals surface area contributed by atoms with E-state index in [0.717, 1.165) is 28.7 Å². The molecule has 2 N–H and O–H groups in total. The van der Waals surface area contributed by atoms with Gasteiger partial charge in [0.2, 0.25) is 0 Å². The van der Waals surface area contributed by atoms with Gasteiger partial charge in [-0.1, -0.05) is 24.3 Å². The molecule has 0 fully saturated rings. The highest BCUT2D eigenvalue weighted by Crippen LogP contribution is 2.25. The monoisotopic (exact) mass is 252 g/mol. The Labute approximate surface area is 111 Å². The summed E-state index contributed by atoms with van der Waals surface area (Å²) in [4.78, 5) is 4.46. The van der Waals surface area contributed by atoms with Gasteiger partial charge in [0.25, 0.3) is 0 Å². The lowest BCUT2D eigenvalue weighted by Crippen LogP contribution is -2.17. The summed E-state index contributed by atoms with van der Waals surface area (Å²) < 4.78 is 1.92. The van der Waals surface area contributed by atoms with E-state index in [9.17, 15) is 0 Å². The van der Waals surface area contributed by atoms with E-state index in [4.69, 9.17) is 5.73 Å². The van der Waals surface area contributed by atoms with Crippen LogP contribution in [0.25, 0.3) is 10.9 Å². The summed E-state index contributed by atoms with van der Waals surface area (Å²) in [5, 5.41) is 5.39. The molecule has 2 aromatic heterocycles. The minimum Gasteiger partial charge on any atom is -0.319 e. The van der Waals surface area contributed by atoms with Gasteiger partial charge in [-0.05, 0) is 19.1 Å². The number of benzene rings is 1. The third-order valence-corrected chi connectivity index (χ3v) is 3.37. The van der Waals surface area contributed by atoms with Crippen molar-refractivity contribution in [1.29, 1.82) is 0 Å². The molecule has 1 unspecified atom stereocenters. The molecule has 0 saturated heterocycles. The van der Waals surface area contributed by atoms with Crippen LogP contribution in [0.1, 0.15) is 24.2 Å². The summed E-state index contributed by atoms with van der Waals surface area (Å²) in [6.45, 7) is 2.87. The van der Waals surface area contributed by atoms with Gasteiger partial charge in [-0.15, -0.1) is 0 Å². The maximum absolute atomic E-state index is 6.40. The van der Waals surface area contributed by atoms with Crippen molar-refractivity contribution in [3.05, 3.63) is 60.0 Å². The standard InChI is InChI=1S/C15H16N4/c1-2-19-13(8-10-18-19)14(16)12-7-3-5-11-6-4-9-17-15(11)12/h3-10,14H,2,16H2,1H3. The number of para-hydroxylation sites is 1. The van der Waals surface area contributed by atoms with Crippen LogP contribution < -0.4 is 5.73 Å². The van der Waals surface area contributed by atoms with Crippen LogP contribution in [0.5, 0.6) is 0 Å². The van der Waals surface area contributed by atoms with Crippen molar-refractivity contribution in [3.63, 3.8) is 0 Å². The highest BCUT2D eigenvalue weighted by atomic mass is 15.3. The first-order chi connectivity index (χ1) is 9.31. The Morgan fingerprint density at radius 3 is 2.84 bits per heavy atom. The number of fused-ring (bicyclic) bond motifs is 1. The minimum atomic E-state index is -0.207. The molecule has 4 nitrogen and oxygen atoms in total. The zero-order valence-electron chi connectivity index (χ0n) is 10.8. The first-order valence-corrected chi connectivity index (χ1v) is 6.42. The summed E-state index contributed by atoms with van der Waals surface area (Å²) in [6, 6.07) is 11.9. The van der Waals surface area contributed by atoms with Crippen LogP contribution in [0.2, 0.25) is 0 Å². The Morgan fingerprint density at radius 2 is 2.00 bits per heavy atom. The second kappa shape index (κ2) is 4.82. The van der Waals surface area contributed by atoms with Crippen LogP contribution in [-0.2, 0) is 6.54 Å². The summed E-state index contributed by atoms with van der Waals surface area (Å²) in [5.74, 6) is 0. The third-order valence-electron chi connectivity index (χ3n) is 3.37. The van der Waals surface area contributed by atoms with Crippen LogP contribution in [0.4, 0.5) is 0 Å². The molecule has 0 bridgehead atoms. The Morgan fingerprint density at radius 1 is 1.16 bits per heavy atom. The van der Waals surface area contributed by atoms with E-state index in [1.54, 1.807) is 12.4 Å². The van der Waals surface area contributed by atoms with Gasteiger partial charge < -0.3 is 5.73 Å². The maximum atomic E-state index is 6.40. The number of hydrogen-bond donors (Lipinski definition) is 1. The normalized spacial score (nSPS) is 12.7. The van der Waals surface area contributed by atoms with Gasteiger partial charge in [0.05, 0.1) is 17.3 Å². The van der Waals surface area contributed by atoms with Crippen molar-refractivity contribution in [3.8, 4) is 0 Å². The van der Waals surface area contributed by atoms with Crippen LogP contribution >= 0.6 is 0 Å². The molecule has 0 aliphatic heterocycles. The average molecular weight is 252 g/mol. The van der Waals surface area contributed by atoms with Crippen molar-refractivity contribution in [2.75, 3.05) is 0 Å². The van der Waals surface area contributed by atoms with Crippen LogP contribution in [0.15, 0.2) is 48.8 Å². The number of nitrogens with zero attached hydrogens (tertiary/aromatic N) is 3. The fourth-order valence-corrected chi connectivity index (χ4v) is 2.41. The molecule has 0 aliphatic carbocycles. The molecule has 4 heteroatoms. The SMILES string of the molecule is CCn1nccc1C(N)c1cccc2cccnc12. The van der Waals surface area contributed by atoms with Gasteiger partial charge in [-0.25, -0.2) is 0 Å². The maximum Gasteiger partial charge on any atom is 0.0753 e. The molecule has 19 heavy (non-hydrogen) atoms. The lowest BCUT2D eigenvalue weighted by Gasteiger charge is -2.15. The molecule has 1 aromatic carbocycles. The molecule has 96 valence electrons. The van der Waals surface area contributed by atoms with Crippen LogP contribution in [-0.4, -0.2) is 14.8 Å². The van der Waals surface area contributed by atoms with Crippen molar-refractivity contribution >= 4 is 10.9 Å². The average Bonchev–Trinajstić information content (AvgIpc) is 2.94. The molecular formula is C15H16N4. The number of aromatic nitrogens is 3. The molecular weight excluding hydrogens is 236 g/mol. The summed E-state index contributed by atoms with van der Waals surface area (Å²) >= 11 is 0. The lowest BCUT2D eigenvalue weighted by molar-refractivity contribution is 0.601. The molecule has 0 radical (unpaired) electrons. The van der Waals surface area contributed by atoms with Gasteiger partial charge in [0.15, 0.2) is 0 Å². The molecule has 0 spiro atoms. The predicted molar refractivity (Wildman–Crippen MR) is 75.7 cm³/mol. The topological polar surface area (TPSA) is 56.7 Å². The molecule has 0 aliphatic rings. The van der Waals surface area contributed by atoms with Crippen molar-refractivity contribution < 1.29 is 0 Å². The largest absolute Gasteiger partial charge is 0.319 e. The highest BCUT2D eigenvalue weighted by Gasteiger charge is 2.16. The molecule has 2 heterocycles. The summed E-state index contributed by atoms with van der Waals surface area (Å²) in [5.41, 5.74) is 9.41. The summed E-state index contributed by atoms with van der Waals surface area (Å²) in [6.07, 6.45) is 3.59. The van der Waals surface area contributed by atoms with Gasteiger partial charge in [-0.2, -0.15) is 5.10 Å². The Balaban J connectivity index is 2.14. The molecule has 3 rings (SSSR count). The lowest BCUT2D eigenvalue weighted by atomic mass is 10.0. The highest BCUT2D eigenvalue weighted by molar-refractivity contribution is 5.82. The van der Waals surface area contributed by atoms with Crippen LogP contribution in [0, 0.1) is 0 Å². The van der Waals surface area contributed by atoms with Gasteiger partial charge >= 0.3 is 0 Å². The van der Waals surface area contributed by atoms with Crippen molar-refractivity contribution in [2.24, 2.45) is 5.73 Å². The predicted octanol–water partition coefficient (Wildman–Crippen LogP) is 2.50. The van der Waals surface area contributed by atoms with E-state index < -0.39 is 0 Å². The first kappa shape index (κ1) is 11.9. The number of rotatable bonds is 3. The Bertz CT molecular complexity index is 697. The Kier molecular flexibility index (Phi) is 3.01. The number of hydrogen-bond acceptors (Lipinski definition) is 3. The smallest absolute Gasteiger partial charge is 0.0753 e. The van der Waals surface area contributed by atoms with Crippen molar-refractivity contribution in [1.82, 2.24) is 14.8 Å². The fraction of sp³-hybridized carbons (Fsp3) is 0.200. The second-order valence-corrected chi connectivity index (χ2v) is 4.47.